The lowest BCUT2D eigenvalue weighted by Gasteiger charge is -2.26. The molecular formula is C17H26N4O2S. The number of hydrogen-bond acceptors (Lipinski definition) is 4. The number of nitrogens with zero attached hydrogens (tertiary/aromatic N) is 2. The number of thiazole rings is 1. The third kappa shape index (κ3) is 4.93. The first-order valence-electron chi connectivity index (χ1n) is 9.00. The fraction of sp³-hybridized carbons (Fsp3) is 0.706. The maximum Gasteiger partial charge on any atom is 0.321 e. The summed E-state index contributed by atoms with van der Waals surface area (Å²) in [6, 6.07) is 0.0871. The van der Waals surface area contributed by atoms with E-state index in [-0.39, 0.29) is 18.0 Å². The molecule has 3 amide bonds. The number of nitrogens with one attached hydrogen (secondary N) is 2. The summed E-state index contributed by atoms with van der Waals surface area (Å²) < 4.78 is 0. The van der Waals surface area contributed by atoms with Gasteiger partial charge in [-0.3, -0.25) is 10.1 Å². The zero-order valence-corrected chi connectivity index (χ0v) is 14.9. The molecule has 0 spiro atoms. The molecule has 1 saturated heterocycles. The van der Waals surface area contributed by atoms with Gasteiger partial charge < -0.3 is 10.2 Å². The standard InChI is InChI=1S/C17H26N4O2S/c22-15(21-9-5-2-6-10-21)11-14-12-24-17(19-14)20-16(23)18-13-7-3-1-4-8-13/h12-13H,1-11H2,(H2,18,19,20,23). The number of hydrogen-bond donors (Lipinski definition) is 2. The Balaban J connectivity index is 1.46. The third-order valence-electron chi connectivity index (χ3n) is 4.75. The topological polar surface area (TPSA) is 74.3 Å². The number of aromatic nitrogens is 1. The molecule has 1 aromatic rings. The smallest absolute Gasteiger partial charge is 0.321 e. The predicted octanol–water partition coefficient (Wildman–Crippen LogP) is 3.15. The number of carbonyl (C=O) groups is 2. The van der Waals surface area contributed by atoms with Crippen molar-refractivity contribution in [3.05, 3.63) is 11.1 Å². The number of amides is 3. The van der Waals surface area contributed by atoms with E-state index in [4.69, 9.17) is 0 Å². The molecule has 2 fully saturated rings. The molecule has 24 heavy (non-hydrogen) atoms. The molecule has 1 aromatic heterocycles. The van der Waals surface area contributed by atoms with Crippen molar-refractivity contribution in [2.75, 3.05) is 18.4 Å². The van der Waals surface area contributed by atoms with Gasteiger partial charge in [0.1, 0.15) is 0 Å². The zero-order valence-electron chi connectivity index (χ0n) is 14.1. The quantitative estimate of drug-likeness (QED) is 0.876. The lowest BCUT2D eigenvalue weighted by atomic mass is 9.96. The van der Waals surface area contributed by atoms with Crippen molar-refractivity contribution in [3.8, 4) is 0 Å². The van der Waals surface area contributed by atoms with Crippen molar-refractivity contribution in [2.45, 2.75) is 63.8 Å². The van der Waals surface area contributed by atoms with Gasteiger partial charge in [-0.2, -0.15) is 0 Å². The van der Waals surface area contributed by atoms with Crippen molar-refractivity contribution in [1.29, 1.82) is 0 Å². The normalized spacial score (nSPS) is 19.1. The van der Waals surface area contributed by atoms with Crippen LogP contribution in [0, 0.1) is 0 Å². The van der Waals surface area contributed by atoms with Gasteiger partial charge in [-0.15, -0.1) is 11.3 Å². The first-order valence-corrected chi connectivity index (χ1v) is 9.88. The Morgan fingerprint density at radius 2 is 1.83 bits per heavy atom. The van der Waals surface area contributed by atoms with Gasteiger partial charge in [0.15, 0.2) is 5.13 Å². The lowest BCUT2D eigenvalue weighted by Crippen LogP contribution is -2.39. The number of urea groups is 1. The number of likely N-dealkylation sites (tertiary alicyclic amines) is 1. The Bertz CT molecular complexity index is 563. The lowest BCUT2D eigenvalue weighted by molar-refractivity contribution is -0.131. The molecule has 0 unspecified atom stereocenters. The molecule has 0 aromatic carbocycles. The van der Waals surface area contributed by atoms with E-state index in [2.05, 4.69) is 15.6 Å². The van der Waals surface area contributed by atoms with Crippen molar-refractivity contribution in [3.63, 3.8) is 0 Å². The molecule has 132 valence electrons. The largest absolute Gasteiger partial charge is 0.342 e. The van der Waals surface area contributed by atoms with Crippen molar-refractivity contribution in [2.24, 2.45) is 0 Å². The second-order valence-corrected chi connectivity index (χ2v) is 7.55. The molecule has 0 atom stereocenters. The highest BCUT2D eigenvalue weighted by molar-refractivity contribution is 7.13. The Kier molecular flexibility index (Phi) is 6.07. The van der Waals surface area contributed by atoms with Gasteiger partial charge in [0.25, 0.3) is 0 Å². The fourth-order valence-electron chi connectivity index (χ4n) is 3.42. The Hall–Kier alpha value is -1.63. The molecule has 2 heterocycles. The summed E-state index contributed by atoms with van der Waals surface area (Å²) in [4.78, 5) is 30.6. The van der Waals surface area contributed by atoms with Gasteiger partial charge in [0.05, 0.1) is 12.1 Å². The molecule has 7 heteroatoms. The molecule has 1 aliphatic heterocycles. The van der Waals surface area contributed by atoms with Crippen LogP contribution in [-0.4, -0.2) is 41.0 Å². The van der Waals surface area contributed by atoms with Crippen LogP contribution in [-0.2, 0) is 11.2 Å². The van der Waals surface area contributed by atoms with E-state index in [0.29, 0.717) is 11.6 Å². The van der Waals surface area contributed by atoms with Crippen LogP contribution >= 0.6 is 11.3 Å². The second kappa shape index (κ2) is 8.46. The Labute approximate surface area is 147 Å². The summed E-state index contributed by atoms with van der Waals surface area (Å²) in [5.41, 5.74) is 0.739. The number of anilines is 1. The average Bonchev–Trinajstić information content (AvgIpc) is 3.03. The van der Waals surface area contributed by atoms with Crippen LogP contribution in [0.3, 0.4) is 0 Å². The van der Waals surface area contributed by atoms with Crippen LogP contribution in [0.2, 0.25) is 0 Å². The zero-order chi connectivity index (χ0) is 16.8. The van der Waals surface area contributed by atoms with Crippen LogP contribution in [0.5, 0.6) is 0 Å². The van der Waals surface area contributed by atoms with Crippen molar-refractivity contribution < 1.29 is 9.59 Å². The van der Waals surface area contributed by atoms with E-state index < -0.39 is 0 Å². The highest BCUT2D eigenvalue weighted by Gasteiger charge is 2.19. The van der Waals surface area contributed by atoms with Gasteiger partial charge in [-0.25, -0.2) is 9.78 Å². The average molecular weight is 350 g/mol. The highest BCUT2D eigenvalue weighted by atomic mass is 32.1. The van der Waals surface area contributed by atoms with Gasteiger partial charge in [-0.1, -0.05) is 19.3 Å². The van der Waals surface area contributed by atoms with Crippen LogP contribution in [0.25, 0.3) is 0 Å². The van der Waals surface area contributed by atoms with Gasteiger partial charge in [-0.05, 0) is 32.1 Å². The Morgan fingerprint density at radius 3 is 2.58 bits per heavy atom. The number of piperidine rings is 1. The maximum absolute atomic E-state index is 12.3. The van der Waals surface area contributed by atoms with E-state index in [1.165, 1.54) is 37.0 Å². The maximum atomic E-state index is 12.3. The minimum absolute atomic E-state index is 0.137. The minimum Gasteiger partial charge on any atom is -0.342 e. The minimum atomic E-state index is -0.190. The molecule has 1 saturated carbocycles. The molecular weight excluding hydrogens is 324 g/mol. The summed E-state index contributed by atoms with van der Waals surface area (Å²) >= 11 is 1.37. The fourth-order valence-corrected chi connectivity index (χ4v) is 4.13. The van der Waals surface area contributed by atoms with Gasteiger partial charge in [0.2, 0.25) is 5.91 Å². The first-order chi connectivity index (χ1) is 11.7. The summed E-state index contributed by atoms with van der Waals surface area (Å²) in [5, 5.41) is 8.22. The van der Waals surface area contributed by atoms with Crippen LogP contribution in [0.15, 0.2) is 5.38 Å². The van der Waals surface area contributed by atoms with Crippen LogP contribution in [0.1, 0.15) is 57.1 Å². The van der Waals surface area contributed by atoms with Gasteiger partial charge >= 0.3 is 6.03 Å². The van der Waals surface area contributed by atoms with E-state index >= 15 is 0 Å². The van der Waals surface area contributed by atoms with Crippen LogP contribution in [0.4, 0.5) is 9.93 Å². The number of rotatable bonds is 4. The summed E-state index contributed by atoms with van der Waals surface area (Å²) in [6.07, 6.45) is 9.47. The SMILES string of the molecule is O=C(Nc1nc(CC(=O)N2CCCCC2)cs1)NC1CCCCC1. The van der Waals surface area contributed by atoms with E-state index in [9.17, 15) is 9.59 Å². The van der Waals surface area contributed by atoms with Crippen LogP contribution < -0.4 is 10.6 Å². The molecule has 2 N–H and O–H groups in total. The molecule has 6 nitrogen and oxygen atoms in total. The third-order valence-corrected chi connectivity index (χ3v) is 5.56. The summed E-state index contributed by atoms with van der Waals surface area (Å²) in [5.74, 6) is 0.137. The highest BCUT2D eigenvalue weighted by Crippen LogP contribution is 2.19. The summed E-state index contributed by atoms with van der Waals surface area (Å²) in [7, 11) is 0. The van der Waals surface area contributed by atoms with Gasteiger partial charge in [0, 0.05) is 24.5 Å². The Morgan fingerprint density at radius 1 is 1.12 bits per heavy atom. The summed E-state index contributed by atoms with van der Waals surface area (Å²) in [6.45, 7) is 1.72. The molecule has 3 rings (SSSR count). The monoisotopic (exact) mass is 350 g/mol. The first kappa shape index (κ1) is 17.2. The molecule has 2 aliphatic rings. The van der Waals surface area contributed by atoms with Crippen molar-refractivity contribution in [1.82, 2.24) is 15.2 Å². The van der Waals surface area contributed by atoms with Crippen molar-refractivity contribution >= 4 is 28.4 Å². The second-order valence-electron chi connectivity index (χ2n) is 6.70. The van der Waals surface area contributed by atoms with E-state index in [1.54, 1.807) is 0 Å². The van der Waals surface area contributed by atoms with E-state index in [0.717, 1.165) is 44.5 Å². The molecule has 1 aliphatic carbocycles. The predicted molar refractivity (Wildman–Crippen MR) is 95.3 cm³/mol. The van der Waals surface area contributed by atoms with E-state index in [1.807, 2.05) is 10.3 Å². The molecule has 0 radical (unpaired) electrons. The number of carbonyl (C=O) groups excluding carboxylic acids is 2. The molecule has 0 bridgehead atoms.